The Kier molecular flexibility index (Phi) is 4.01. The van der Waals surface area contributed by atoms with Gasteiger partial charge in [0, 0.05) is 0 Å². The third kappa shape index (κ3) is 2.83. The van der Waals surface area contributed by atoms with Gasteiger partial charge in [-0.1, -0.05) is 40.0 Å². The highest BCUT2D eigenvalue weighted by Gasteiger charge is 2.54. The Morgan fingerprint density at radius 2 is 2.33 bits per heavy atom. The molecule has 0 radical (unpaired) electrons. The summed E-state index contributed by atoms with van der Waals surface area (Å²) in [5, 5.41) is 23.6. The molecule has 8 heteroatoms. The molecule has 2 atom stereocenters. The first-order valence-electron chi connectivity index (χ1n) is 3.89. The van der Waals surface area contributed by atoms with Gasteiger partial charge in [-0.2, -0.15) is 5.26 Å². The van der Waals surface area contributed by atoms with Gasteiger partial charge in [-0.15, -0.1) is 0 Å². The summed E-state index contributed by atoms with van der Waals surface area (Å²) < 4.78 is -1.98. The van der Waals surface area contributed by atoms with Gasteiger partial charge in [0.25, 0.3) is 9.58 Å². The summed E-state index contributed by atoms with van der Waals surface area (Å²) in [6, 6.07) is 0. The van der Waals surface area contributed by atoms with E-state index < -0.39 is 9.58 Å². The predicted octanol–water partition coefficient (Wildman–Crippen LogP) is 2.42. The predicted molar refractivity (Wildman–Crippen MR) is 61.0 cm³/mol. The van der Waals surface area contributed by atoms with Gasteiger partial charge in [-0.3, -0.25) is 0 Å². The van der Waals surface area contributed by atoms with E-state index in [1.807, 2.05) is 5.40 Å². The molecule has 84 valence electrons. The van der Waals surface area contributed by atoms with Crippen molar-refractivity contribution in [1.29, 1.82) is 5.26 Å². The van der Waals surface area contributed by atoms with E-state index in [9.17, 15) is 5.11 Å². The number of halogens is 3. The molecule has 0 bridgehead atoms. The second kappa shape index (κ2) is 4.56. The second-order valence-electron chi connectivity index (χ2n) is 2.98. The summed E-state index contributed by atoms with van der Waals surface area (Å²) in [4.78, 5) is 4.71. The average Bonchev–Trinajstić information content (AvgIpc) is 2.48. The minimum Gasteiger partial charge on any atom is -0.355 e. The molecule has 1 N–H and O–H groups in total. The van der Waals surface area contributed by atoms with Gasteiger partial charge >= 0.3 is 0 Å². The van der Waals surface area contributed by atoms with E-state index in [4.69, 9.17) is 44.9 Å². The lowest BCUT2D eigenvalue weighted by molar-refractivity contribution is -0.181. The van der Waals surface area contributed by atoms with Gasteiger partial charge < -0.3 is 9.94 Å². The molecule has 0 aliphatic carbocycles. The minimum absolute atomic E-state index is 0.0284. The quantitative estimate of drug-likeness (QED) is 0.626. The maximum absolute atomic E-state index is 9.79. The van der Waals surface area contributed by atoms with Crippen LogP contribution in [0.4, 0.5) is 0 Å². The van der Waals surface area contributed by atoms with Crippen LogP contribution in [-0.4, -0.2) is 25.6 Å². The second-order valence-corrected chi connectivity index (χ2v) is 6.39. The van der Waals surface area contributed by atoms with Gasteiger partial charge in [0.15, 0.2) is 0 Å². The Morgan fingerprint density at radius 1 is 1.73 bits per heavy atom. The van der Waals surface area contributed by atoms with Gasteiger partial charge in [0.1, 0.15) is 5.40 Å². The van der Waals surface area contributed by atoms with Crippen LogP contribution in [0.2, 0.25) is 0 Å². The molecule has 1 aliphatic heterocycles. The molecule has 1 rings (SSSR count). The van der Waals surface area contributed by atoms with Crippen LogP contribution in [0, 0.1) is 10.7 Å². The molecular weight excluding hydrogens is 283 g/mol. The number of nitrogens with zero attached hydrogens (tertiary/aromatic N) is 2. The zero-order valence-corrected chi connectivity index (χ0v) is 10.7. The fraction of sp³-hybridized carbons (Fsp3) is 0.714. The van der Waals surface area contributed by atoms with Crippen molar-refractivity contribution in [3.8, 4) is 5.40 Å². The molecule has 0 aromatic rings. The number of oxime groups is 1. The molecule has 0 amide bonds. The topological polar surface area (TPSA) is 65.6 Å². The fourth-order valence-corrected chi connectivity index (χ4v) is 1.69. The first-order valence-corrected chi connectivity index (χ1v) is 5.90. The summed E-state index contributed by atoms with van der Waals surface area (Å²) in [5.41, 5.74) is 0.482. The van der Waals surface area contributed by atoms with Gasteiger partial charge in [0.2, 0.25) is 0 Å². The summed E-state index contributed by atoms with van der Waals surface area (Å²) in [6.07, 6.45) is -0.0284. The number of thiocyanates is 1. The van der Waals surface area contributed by atoms with Crippen molar-refractivity contribution in [2.24, 2.45) is 5.16 Å². The van der Waals surface area contributed by atoms with Crippen molar-refractivity contribution in [3.63, 3.8) is 0 Å². The molecule has 0 aromatic carbocycles. The Bertz CT molecular complexity index is 325. The first kappa shape index (κ1) is 13.2. The SMILES string of the molecule is C[C@@H](SC#N)C1=NO[C@@](O)(C(Cl)(Cl)Cl)C1. The van der Waals surface area contributed by atoms with E-state index in [0.717, 1.165) is 11.8 Å². The van der Waals surface area contributed by atoms with Crippen LogP contribution >= 0.6 is 46.6 Å². The minimum atomic E-state index is -1.98. The fourth-order valence-electron chi connectivity index (χ4n) is 0.961. The van der Waals surface area contributed by atoms with Crippen molar-refractivity contribution in [1.82, 2.24) is 0 Å². The first-order chi connectivity index (χ1) is 6.80. The smallest absolute Gasteiger partial charge is 0.287 e. The van der Waals surface area contributed by atoms with Crippen molar-refractivity contribution >= 4 is 52.3 Å². The molecule has 0 aromatic heterocycles. The van der Waals surface area contributed by atoms with E-state index in [0.29, 0.717) is 5.71 Å². The van der Waals surface area contributed by atoms with Crippen LogP contribution in [0.5, 0.6) is 0 Å². The Morgan fingerprint density at radius 3 is 2.73 bits per heavy atom. The van der Waals surface area contributed by atoms with Crippen molar-refractivity contribution in [2.75, 3.05) is 0 Å². The van der Waals surface area contributed by atoms with Crippen LogP contribution in [0.15, 0.2) is 5.16 Å². The normalized spacial score (nSPS) is 27.9. The average molecular weight is 290 g/mol. The number of alkyl halides is 3. The highest BCUT2D eigenvalue weighted by molar-refractivity contribution is 8.04. The third-order valence-corrected chi connectivity index (χ3v) is 3.49. The zero-order chi connectivity index (χ0) is 11.7. The number of thioether (sulfide) groups is 1. The number of nitriles is 1. The lowest BCUT2D eigenvalue weighted by Crippen LogP contribution is -2.43. The monoisotopic (exact) mass is 288 g/mol. The Balaban J connectivity index is 2.69. The molecule has 0 saturated carbocycles. The Hall–Kier alpha value is 0.140. The third-order valence-electron chi connectivity index (χ3n) is 1.88. The molecule has 1 heterocycles. The van der Waals surface area contributed by atoms with E-state index in [1.54, 1.807) is 6.92 Å². The molecule has 1 aliphatic rings. The van der Waals surface area contributed by atoms with Crippen molar-refractivity contribution in [2.45, 2.75) is 28.2 Å². The van der Waals surface area contributed by atoms with Gasteiger partial charge in [0.05, 0.1) is 17.4 Å². The van der Waals surface area contributed by atoms with Crippen molar-refractivity contribution < 1.29 is 9.94 Å². The van der Waals surface area contributed by atoms with E-state index >= 15 is 0 Å². The number of hydrogen-bond donors (Lipinski definition) is 1. The van der Waals surface area contributed by atoms with Crippen LogP contribution in [0.25, 0.3) is 0 Å². The maximum Gasteiger partial charge on any atom is 0.287 e. The molecule has 4 nitrogen and oxygen atoms in total. The number of hydrogen-bond acceptors (Lipinski definition) is 5. The van der Waals surface area contributed by atoms with E-state index in [1.165, 1.54) is 0 Å². The molecule has 0 unspecified atom stereocenters. The molecular formula is C7H7Cl3N2O2S. The van der Waals surface area contributed by atoms with Crippen LogP contribution in [0.1, 0.15) is 13.3 Å². The molecule has 0 fully saturated rings. The van der Waals surface area contributed by atoms with Crippen LogP contribution in [0.3, 0.4) is 0 Å². The van der Waals surface area contributed by atoms with Gasteiger partial charge in [-0.05, 0) is 18.7 Å². The summed E-state index contributed by atoms with van der Waals surface area (Å²) in [7, 11) is 0. The highest BCUT2D eigenvalue weighted by Crippen LogP contribution is 2.44. The highest BCUT2D eigenvalue weighted by atomic mass is 35.6. The molecule has 0 saturated heterocycles. The summed E-state index contributed by atoms with van der Waals surface area (Å²) in [6.45, 7) is 1.75. The largest absolute Gasteiger partial charge is 0.355 e. The van der Waals surface area contributed by atoms with E-state index in [2.05, 4.69) is 5.16 Å². The number of aliphatic hydroxyl groups is 1. The summed E-state index contributed by atoms with van der Waals surface area (Å²) in [5.74, 6) is -1.95. The van der Waals surface area contributed by atoms with E-state index in [-0.39, 0.29) is 11.7 Å². The lowest BCUT2D eigenvalue weighted by Gasteiger charge is -2.27. The Labute approximate surface area is 106 Å². The maximum atomic E-state index is 9.79. The zero-order valence-electron chi connectivity index (χ0n) is 7.58. The summed E-state index contributed by atoms with van der Waals surface area (Å²) >= 11 is 17.6. The standard InChI is InChI=1S/C7H7Cl3N2O2S/c1-4(15-3-11)5-2-6(13,14-12-5)7(8,9)10/h4,13H,2H2,1H3/t4-,6-/m1/s1. The van der Waals surface area contributed by atoms with Crippen LogP contribution in [-0.2, 0) is 4.84 Å². The lowest BCUT2D eigenvalue weighted by atomic mass is 10.1. The van der Waals surface area contributed by atoms with Crippen molar-refractivity contribution in [3.05, 3.63) is 0 Å². The molecule has 0 spiro atoms. The number of rotatable bonds is 2. The van der Waals surface area contributed by atoms with Gasteiger partial charge in [-0.25, -0.2) is 0 Å². The van der Waals surface area contributed by atoms with Crippen LogP contribution < -0.4 is 0 Å². The molecule has 15 heavy (non-hydrogen) atoms.